The van der Waals surface area contributed by atoms with Gasteiger partial charge in [0.1, 0.15) is 7.14 Å². The van der Waals surface area contributed by atoms with E-state index in [0.717, 1.165) is 0 Å². The highest BCUT2D eigenvalue weighted by Crippen LogP contribution is 2.37. The molecule has 7 nitrogen and oxygen atoms in total. The third-order valence-corrected chi connectivity index (χ3v) is 3.75. The normalized spacial score (nSPS) is 15.1. The highest BCUT2D eigenvalue weighted by molar-refractivity contribution is 7.65. The number of rotatable bonds is 8. The Morgan fingerprint density at radius 3 is 2.59 bits per heavy atom. The van der Waals surface area contributed by atoms with E-state index in [2.05, 4.69) is 4.98 Å². The Hall–Kier alpha value is -1.43. The van der Waals surface area contributed by atoms with Gasteiger partial charge in [-0.2, -0.15) is 0 Å². The zero-order valence-corrected chi connectivity index (χ0v) is 14.2. The van der Waals surface area contributed by atoms with Crippen LogP contribution in [-0.2, 0) is 14.0 Å². The molecule has 22 heavy (non-hydrogen) atoms. The van der Waals surface area contributed by atoms with Gasteiger partial charge in [-0.25, -0.2) is 4.79 Å². The summed E-state index contributed by atoms with van der Waals surface area (Å²) < 4.78 is 23.9. The number of hydrogen-bond donors (Lipinski definition) is 1. The number of aromatic nitrogens is 2. The highest BCUT2D eigenvalue weighted by atomic mass is 31.2. The first kappa shape index (κ1) is 18.6. The van der Waals surface area contributed by atoms with E-state index in [1.54, 1.807) is 25.2 Å². The van der Waals surface area contributed by atoms with Crippen molar-refractivity contribution in [1.82, 2.24) is 9.55 Å². The monoisotopic (exact) mass is 330 g/mol. The van der Waals surface area contributed by atoms with Crippen molar-refractivity contribution in [3.63, 3.8) is 0 Å². The fraction of sp³-hybridized carbons (Fsp3) is 0.571. The lowest BCUT2D eigenvalue weighted by Crippen LogP contribution is -2.35. The quantitative estimate of drug-likeness (QED) is 0.731. The fourth-order valence-electron chi connectivity index (χ4n) is 1.76. The molecule has 0 radical (unpaired) electrons. The van der Waals surface area contributed by atoms with E-state index >= 15 is 0 Å². The molecule has 0 amide bonds. The van der Waals surface area contributed by atoms with Crippen LogP contribution in [0.2, 0.25) is 0 Å². The molecule has 0 bridgehead atoms. The highest BCUT2D eigenvalue weighted by Gasteiger charge is 2.17. The van der Waals surface area contributed by atoms with Gasteiger partial charge in [0.2, 0.25) is 0 Å². The van der Waals surface area contributed by atoms with Gasteiger partial charge in [-0.15, -0.1) is 0 Å². The van der Waals surface area contributed by atoms with Crippen LogP contribution in [0.3, 0.4) is 0 Å². The lowest BCUT2D eigenvalue weighted by molar-refractivity contribution is -0.0749. The van der Waals surface area contributed by atoms with Gasteiger partial charge in [0.15, 0.2) is 6.23 Å². The van der Waals surface area contributed by atoms with Crippen LogP contribution < -0.4 is 11.2 Å². The number of hydrogen-bond acceptors (Lipinski definition) is 5. The van der Waals surface area contributed by atoms with Crippen LogP contribution in [0.5, 0.6) is 0 Å². The topological polar surface area (TPSA) is 90.4 Å². The molecule has 1 aromatic rings. The fourth-order valence-corrected chi connectivity index (χ4v) is 2.37. The number of H-pyrrole nitrogens is 1. The zero-order chi connectivity index (χ0) is 16.8. The molecule has 1 N–H and O–H groups in total. The van der Waals surface area contributed by atoms with Gasteiger partial charge in [-0.3, -0.25) is 14.3 Å². The van der Waals surface area contributed by atoms with Crippen LogP contribution in [-0.4, -0.2) is 42.7 Å². The molecule has 0 aliphatic carbocycles. The van der Waals surface area contributed by atoms with Gasteiger partial charge in [0.05, 0.1) is 12.7 Å². The van der Waals surface area contributed by atoms with Crippen molar-refractivity contribution in [2.75, 3.05) is 27.0 Å². The molecule has 1 aromatic heterocycles. The first-order valence-electron chi connectivity index (χ1n) is 6.96. The van der Waals surface area contributed by atoms with Crippen molar-refractivity contribution >= 4 is 7.14 Å². The Bertz CT molecular complexity index is 658. The predicted molar refractivity (Wildman–Crippen MR) is 86.0 cm³/mol. The number of nitrogens with zero attached hydrogens (tertiary/aromatic N) is 1. The minimum atomic E-state index is -2.29. The Morgan fingerprint density at radius 1 is 1.41 bits per heavy atom. The van der Waals surface area contributed by atoms with E-state index in [1.165, 1.54) is 23.9 Å². The maximum Gasteiger partial charge on any atom is 0.330 e. The zero-order valence-electron chi connectivity index (χ0n) is 13.3. The van der Waals surface area contributed by atoms with Crippen LogP contribution >= 0.6 is 7.14 Å². The minimum Gasteiger partial charge on any atom is -0.380 e. The van der Waals surface area contributed by atoms with Crippen molar-refractivity contribution in [2.24, 2.45) is 0 Å². The lowest BCUT2D eigenvalue weighted by atomic mass is 10.3. The van der Waals surface area contributed by atoms with Crippen LogP contribution in [0.15, 0.2) is 33.7 Å². The van der Waals surface area contributed by atoms with Gasteiger partial charge in [-0.1, -0.05) is 13.0 Å². The summed E-state index contributed by atoms with van der Waals surface area (Å²) in [6, 6.07) is 1.25. The van der Waals surface area contributed by atoms with E-state index in [0.29, 0.717) is 6.42 Å². The van der Waals surface area contributed by atoms with Gasteiger partial charge in [0.25, 0.3) is 5.56 Å². The third kappa shape index (κ3) is 6.13. The second kappa shape index (κ2) is 8.27. The Labute approximate surface area is 129 Å². The maximum absolute atomic E-state index is 11.9. The van der Waals surface area contributed by atoms with Gasteiger partial charge < -0.3 is 14.0 Å². The average molecular weight is 330 g/mol. The minimum absolute atomic E-state index is 0.145. The molecule has 0 fully saturated rings. The molecule has 0 unspecified atom stereocenters. The van der Waals surface area contributed by atoms with Crippen molar-refractivity contribution in [3.8, 4) is 0 Å². The summed E-state index contributed by atoms with van der Waals surface area (Å²) in [4.78, 5) is 25.2. The van der Waals surface area contributed by atoms with Crippen LogP contribution in [0, 0.1) is 0 Å². The van der Waals surface area contributed by atoms with Crippen molar-refractivity contribution in [2.45, 2.75) is 25.7 Å². The molecule has 2 atom stereocenters. The van der Waals surface area contributed by atoms with Crippen LogP contribution in [0.1, 0.15) is 19.6 Å². The summed E-state index contributed by atoms with van der Waals surface area (Å²) in [5.74, 6) is 1.64. The molecule has 124 valence electrons. The second-order valence-electron chi connectivity index (χ2n) is 5.29. The first-order valence-corrected chi connectivity index (χ1v) is 9.63. The molecule has 0 aliphatic heterocycles. The van der Waals surface area contributed by atoms with Crippen molar-refractivity contribution in [3.05, 3.63) is 45.0 Å². The number of methoxy groups -OCH3 is 1. The molecule has 0 aromatic carbocycles. The molecule has 8 heteroatoms. The third-order valence-electron chi connectivity index (χ3n) is 2.86. The lowest BCUT2D eigenvalue weighted by Gasteiger charge is -2.23. The van der Waals surface area contributed by atoms with Gasteiger partial charge in [-0.05, 0) is 25.6 Å². The van der Waals surface area contributed by atoms with E-state index < -0.39 is 24.6 Å². The summed E-state index contributed by atoms with van der Waals surface area (Å²) in [5, 5.41) is 0. The average Bonchev–Trinajstić information content (AvgIpc) is 2.41. The smallest absolute Gasteiger partial charge is 0.330 e. The second-order valence-corrected chi connectivity index (χ2v) is 8.45. The number of aromatic amines is 1. The van der Waals surface area contributed by atoms with Gasteiger partial charge in [0, 0.05) is 19.4 Å². The molecule has 1 heterocycles. The van der Waals surface area contributed by atoms with E-state index in [1.807, 2.05) is 6.92 Å². The predicted octanol–water partition coefficient (Wildman–Crippen LogP) is 1.61. The van der Waals surface area contributed by atoms with Crippen molar-refractivity contribution < 1.29 is 14.0 Å². The molecular formula is C14H23N2O5P. The molecule has 0 saturated heterocycles. The SMILES string of the molecule is CC[C@@H](/C=C/P(C)(C)=O)O[C@H](COC)n1ccc(=O)[nH]c1=O. The standard InChI is InChI=1S/C14H23N2O5P/c1-5-11(7-9-22(3,4)19)21-13(10-20-2)16-8-6-12(17)15-14(16)18/h6-9,11,13H,5,10H2,1-4H3,(H,15,17,18)/b9-7+/t11-,13+/m0/s1. The summed E-state index contributed by atoms with van der Waals surface area (Å²) in [6.45, 7) is 5.39. The van der Waals surface area contributed by atoms with E-state index in [9.17, 15) is 14.2 Å². The summed E-state index contributed by atoms with van der Waals surface area (Å²) >= 11 is 0. The number of ether oxygens (including phenoxy) is 2. The summed E-state index contributed by atoms with van der Waals surface area (Å²) in [7, 11) is -0.791. The Kier molecular flexibility index (Phi) is 7.00. The largest absolute Gasteiger partial charge is 0.380 e. The maximum atomic E-state index is 11.9. The molecule has 0 spiro atoms. The van der Waals surface area contributed by atoms with E-state index in [-0.39, 0.29) is 12.7 Å². The van der Waals surface area contributed by atoms with Gasteiger partial charge >= 0.3 is 5.69 Å². The van der Waals surface area contributed by atoms with E-state index in [4.69, 9.17) is 9.47 Å². The van der Waals surface area contributed by atoms with Crippen molar-refractivity contribution in [1.29, 1.82) is 0 Å². The Balaban J connectivity index is 3.00. The molecule has 1 rings (SSSR count). The summed E-state index contributed by atoms with van der Waals surface area (Å²) in [6.07, 6.45) is 2.75. The van der Waals surface area contributed by atoms with Crippen LogP contribution in [0.4, 0.5) is 0 Å². The number of nitrogens with one attached hydrogen (secondary N) is 1. The molecular weight excluding hydrogens is 307 g/mol. The first-order chi connectivity index (χ1) is 10.3. The molecule has 0 aliphatic rings. The Morgan fingerprint density at radius 2 is 2.09 bits per heavy atom. The molecule has 0 saturated carbocycles. The summed E-state index contributed by atoms with van der Waals surface area (Å²) in [5.41, 5.74) is -1.03. The van der Waals surface area contributed by atoms with Crippen LogP contribution in [0.25, 0.3) is 0 Å².